The van der Waals surface area contributed by atoms with Crippen molar-refractivity contribution in [2.45, 2.75) is 0 Å². The second-order valence-electron chi connectivity index (χ2n) is 4.21. The zero-order valence-electron chi connectivity index (χ0n) is 10.1. The predicted molar refractivity (Wildman–Crippen MR) is 75.5 cm³/mol. The van der Waals surface area contributed by atoms with E-state index in [2.05, 4.69) is 4.98 Å². The Morgan fingerprint density at radius 1 is 1.00 bits per heavy atom. The standard InChI is InChI=1S/C15H12N2O2/c16-10-5-7-11(8-6-10)19-14-9-15(18)17-13-4-2-1-3-12(13)14/h1-9H,16H2,(H,17,18). The van der Waals surface area contributed by atoms with E-state index in [4.69, 9.17) is 10.5 Å². The number of aromatic amines is 1. The van der Waals surface area contributed by atoms with Gasteiger partial charge in [0, 0.05) is 17.1 Å². The third-order valence-corrected chi connectivity index (χ3v) is 2.82. The molecule has 0 radical (unpaired) electrons. The molecular formula is C15H12N2O2. The smallest absolute Gasteiger partial charge is 0.252 e. The lowest BCUT2D eigenvalue weighted by Gasteiger charge is -2.08. The van der Waals surface area contributed by atoms with Crippen LogP contribution in [0.1, 0.15) is 0 Å². The average Bonchev–Trinajstić information content (AvgIpc) is 2.41. The highest BCUT2D eigenvalue weighted by Gasteiger charge is 2.05. The molecule has 0 saturated heterocycles. The van der Waals surface area contributed by atoms with Crippen LogP contribution in [0.3, 0.4) is 0 Å². The fourth-order valence-corrected chi connectivity index (χ4v) is 1.92. The Morgan fingerprint density at radius 2 is 1.74 bits per heavy atom. The van der Waals surface area contributed by atoms with Crippen molar-refractivity contribution >= 4 is 16.6 Å². The van der Waals surface area contributed by atoms with Crippen molar-refractivity contribution in [3.63, 3.8) is 0 Å². The van der Waals surface area contributed by atoms with Crippen molar-refractivity contribution in [2.75, 3.05) is 5.73 Å². The van der Waals surface area contributed by atoms with Crippen LogP contribution in [0.5, 0.6) is 11.5 Å². The third-order valence-electron chi connectivity index (χ3n) is 2.82. The highest BCUT2D eigenvalue weighted by Crippen LogP contribution is 2.27. The number of benzene rings is 2. The Bertz CT molecular complexity index is 776. The fraction of sp³-hybridized carbons (Fsp3) is 0. The number of hydrogen-bond acceptors (Lipinski definition) is 3. The van der Waals surface area contributed by atoms with E-state index in [-0.39, 0.29) is 5.56 Å². The van der Waals surface area contributed by atoms with Gasteiger partial charge in [0.2, 0.25) is 0 Å². The number of pyridine rings is 1. The molecule has 0 amide bonds. The number of nitrogens with one attached hydrogen (secondary N) is 1. The highest BCUT2D eigenvalue weighted by atomic mass is 16.5. The van der Waals surface area contributed by atoms with Crippen LogP contribution in [0, 0.1) is 0 Å². The van der Waals surface area contributed by atoms with Crippen molar-refractivity contribution < 1.29 is 4.74 Å². The first-order valence-corrected chi connectivity index (χ1v) is 5.88. The molecule has 1 aromatic heterocycles. The lowest BCUT2D eigenvalue weighted by Crippen LogP contribution is -2.04. The maximum Gasteiger partial charge on any atom is 0.252 e. The molecule has 0 saturated carbocycles. The van der Waals surface area contributed by atoms with Crippen molar-refractivity contribution in [1.82, 2.24) is 4.98 Å². The van der Waals surface area contributed by atoms with Crippen LogP contribution < -0.4 is 16.0 Å². The Labute approximate surface area is 109 Å². The van der Waals surface area contributed by atoms with E-state index in [1.165, 1.54) is 6.07 Å². The summed E-state index contributed by atoms with van der Waals surface area (Å²) in [5.41, 5.74) is 6.85. The highest BCUT2D eigenvalue weighted by molar-refractivity contribution is 5.84. The number of H-pyrrole nitrogens is 1. The maximum atomic E-state index is 11.6. The minimum absolute atomic E-state index is 0.191. The van der Waals surface area contributed by atoms with E-state index in [0.717, 1.165) is 10.9 Å². The number of para-hydroxylation sites is 1. The summed E-state index contributed by atoms with van der Waals surface area (Å²) in [5, 5.41) is 0.860. The maximum absolute atomic E-state index is 11.6. The van der Waals surface area contributed by atoms with Crippen LogP contribution in [-0.4, -0.2) is 4.98 Å². The fourth-order valence-electron chi connectivity index (χ4n) is 1.92. The molecule has 0 aliphatic rings. The summed E-state index contributed by atoms with van der Waals surface area (Å²) in [5.74, 6) is 1.18. The van der Waals surface area contributed by atoms with E-state index in [0.29, 0.717) is 17.2 Å². The van der Waals surface area contributed by atoms with E-state index in [1.807, 2.05) is 24.3 Å². The molecule has 0 bridgehead atoms. The molecular weight excluding hydrogens is 240 g/mol. The van der Waals surface area contributed by atoms with Crippen molar-refractivity contribution in [3.8, 4) is 11.5 Å². The predicted octanol–water partition coefficient (Wildman–Crippen LogP) is 2.90. The molecule has 0 unspecified atom stereocenters. The van der Waals surface area contributed by atoms with Crippen LogP contribution in [0.2, 0.25) is 0 Å². The molecule has 19 heavy (non-hydrogen) atoms. The molecule has 1 heterocycles. The lowest BCUT2D eigenvalue weighted by atomic mass is 10.2. The summed E-state index contributed by atoms with van der Waals surface area (Å²) in [6.07, 6.45) is 0. The van der Waals surface area contributed by atoms with Gasteiger partial charge in [0.05, 0.1) is 5.52 Å². The molecule has 0 fully saturated rings. The second kappa shape index (κ2) is 4.49. The minimum atomic E-state index is -0.191. The molecule has 94 valence electrons. The summed E-state index contributed by atoms with van der Waals surface area (Å²) in [4.78, 5) is 14.4. The molecule has 0 aliphatic carbocycles. The molecule has 0 aliphatic heterocycles. The molecule has 0 spiro atoms. The zero-order chi connectivity index (χ0) is 13.2. The number of hydrogen-bond donors (Lipinski definition) is 2. The van der Waals surface area contributed by atoms with Crippen molar-refractivity contribution in [2.24, 2.45) is 0 Å². The SMILES string of the molecule is Nc1ccc(Oc2cc(=O)[nH]c3ccccc23)cc1. The second-order valence-corrected chi connectivity index (χ2v) is 4.21. The number of ether oxygens (including phenoxy) is 1. The van der Waals surface area contributed by atoms with Gasteiger partial charge in [-0.2, -0.15) is 0 Å². The van der Waals surface area contributed by atoms with E-state index in [9.17, 15) is 4.79 Å². The van der Waals surface area contributed by atoms with Crippen LogP contribution in [0.25, 0.3) is 10.9 Å². The van der Waals surface area contributed by atoms with Gasteiger partial charge in [-0.05, 0) is 36.4 Å². The molecule has 3 N–H and O–H groups in total. The Hall–Kier alpha value is -2.75. The van der Waals surface area contributed by atoms with Crippen LogP contribution in [0.4, 0.5) is 5.69 Å². The molecule has 4 heteroatoms. The normalized spacial score (nSPS) is 10.5. The summed E-state index contributed by atoms with van der Waals surface area (Å²) >= 11 is 0. The Balaban J connectivity index is 2.09. The van der Waals surface area contributed by atoms with Gasteiger partial charge in [0.1, 0.15) is 11.5 Å². The average molecular weight is 252 g/mol. The lowest BCUT2D eigenvalue weighted by molar-refractivity contribution is 0.487. The largest absolute Gasteiger partial charge is 0.456 e. The molecule has 3 rings (SSSR count). The first-order chi connectivity index (χ1) is 9.22. The van der Waals surface area contributed by atoms with Gasteiger partial charge in [-0.25, -0.2) is 0 Å². The quantitative estimate of drug-likeness (QED) is 0.689. The van der Waals surface area contributed by atoms with Crippen molar-refractivity contribution in [1.29, 1.82) is 0 Å². The van der Waals surface area contributed by atoms with Gasteiger partial charge in [-0.3, -0.25) is 4.79 Å². The number of anilines is 1. The zero-order valence-corrected chi connectivity index (χ0v) is 10.1. The van der Waals surface area contributed by atoms with Crippen LogP contribution >= 0.6 is 0 Å². The number of rotatable bonds is 2. The van der Waals surface area contributed by atoms with Gasteiger partial charge in [0.15, 0.2) is 0 Å². The Kier molecular flexibility index (Phi) is 2.68. The summed E-state index contributed by atoms with van der Waals surface area (Å²) in [7, 11) is 0. The van der Waals surface area contributed by atoms with Crippen molar-refractivity contribution in [3.05, 3.63) is 65.0 Å². The minimum Gasteiger partial charge on any atom is -0.456 e. The summed E-state index contributed by atoms with van der Waals surface area (Å²) in [6, 6.07) is 16.0. The Morgan fingerprint density at radius 3 is 2.53 bits per heavy atom. The van der Waals surface area contributed by atoms with Crippen LogP contribution in [-0.2, 0) is 0 Å². The number of nitrogen functional groups attached to an aromatic ring is 1. The molecule has 3 aromatic rings. The van der Waals surface area contributed by atoms with Gasteiger partial charge < -0.3 is 15.5 Å². The molecule has 2 aromatic carbocycles. The van der Waals surface area contributed by atoms with E-state index >= 15 is 0 Å². The van der Waals surface area contributed by atoms with Gasteiger partial charge in [0.25, 0.3) is 5.56 Å². The van der Waals surface area contributed by atoms with Gasteiger partial charge >= 0.3 is 0 Å². The van der Waals surface area contributed by atoms with Gasteiger partial charge in [-0.15, -0.1) is 0 Å². The monoisotopic (exact) mass is 252 g/mol. The number of nitrogens with two attached hydrogens (primary N) is 1. The summed E-state index contributed by atoms with van der Waals surface area (Å²) < 4.78 is 5.75. The first kappa shape index (κ1) is 11.3. The van der Waals surface area contributed by atoms with E-state index in [1.54, 1.807) is 24.3 Å². The van der Waals surface area contributed by atoms with Gasteiger partial charge in [-0.1, -0.05) is 12.1 Å². The topological polar surface area (TPSA) is 68.1 Å². The summed E-state index contributed by atoms with van der Waals surface area (Å²) in [6.45, 7) is 0. The molecule has 4 nitrogen and oxygen atoms in total. The third kappa shape index (κ3) is 2.28. The van der Waals surface area contributed by atoms with E-state index < -0.39 is 0 Å². The first-order valence-electron chi connectivity index (χ1n) is 5.88. The molecule has 0 atom stereocenters. The number of fused-ring (bicyclic) bond motifs is 1. The van der Waals surface area contributed by atoms with Crippen LogP contribution in [0.15, 0.2) is 59.4 Å². The number of aromatic nitrogens is 1.